The fraction of sp³-hybridized carbons (Fsp3) is 0.556. The van der Waals surface area contributed by atoms with Gasteiger partial charge in [0.05, 0.1) is 6.42 Å². The molecule has 7 heteroatoms. The zero-order valence-electron chi connectivity index (χ0n) is 9.06. The molecule has 0 aromatic carbocycles. The number of rotatable bonds is 5. The van der Waals surface area contributed by atoms with Crippen molar-refractivity contribution in [2.75, 3.05) is 0 Å². The van der Waals surface area contributed by atoms with Crippen molar-refractivity contribution in [1.29, 1.82) is 0 Å². The summed E-state index contributed by atoms with van der Waals surface area (Å²) in [5.41, 5.74) is 0. The average Bonchev–Trinajstić information content (AvgIpc) is 2.63. The molecule has 16 heavy (non-hydrogen) atoms. The fourth-order valence-corrected chi connectivity index (χ4v) is 1.15. The molecule has 0 aliphatic carbocycles. The van der Waals surface area contributed by atoms with E-state index in [1.165, 1.54) is 0 Å². The van der Waals surface area contributed by atoms with Gasteiger partial charge in [-0.3, -0.25) is 9.59 Å². The van der Waals surface area contributed by atoms with E-state index in [4.69, 9.17) is 5.11 Å². The third kappa shape index (κ3) is 3.34. The van der Waals surface area contributed by atoms with Gasteiger partial charge in [0.1, 0.15) is 0 Å². The highest BCUT2D eigenvalue weighted by molar-refractivity contribution is 5.90. The number of carboxylic acid groups (broad SMARTS) is 1. The number of amides is 1. The van der Waals surface area contributed by atoms with Crippen molar-refractivity contribution in [3.63, 3.8) is 0 Å². The molecule has 1 atom stereocenters. The number of nitrogens with zero attached hydrogens (tertiary/aromatic N) is 2. The van der Waals surface area contributed by atoms with Crippen LogP contribution in [0.1, 0.15) is 36.3 Å². The minimum atomic E-state index is -0.962. The van der Waals surface area contributed by atoms with Crippen LogP contribution in [0.3, 0.4) is 0 Å². The molecule has 1 heterocycles. The van der Waals surface area contributed by atoms with Gasteiger partial charge in [0.25, 0.3) is 11.7 Å². The van der Waals surface area contributed by atoms with E-state index in [9.17, 15) is 9.59 Å². The smallest absolute Gasteiger partial charge is 0.305 e. The van der Waals surface area contributed by atoms with Gasteiger partial charge in [0, 0.05) is 13.0 Å². The van der Waals surface area contributed by atoms with E-state index in [0.29, 0.717) is 6.42 Å². The molecule has 0 radical (unpaired) electrons. The molecule has 1 amide bonds. The van der Waals surface area contributed by atoms with E-state index in [-0.39, 0.29) is 18.1 Å². The summed E-state index contributed by atoms with van der Waals surface area (Å²) in [7, 11) is 0. The summed E-state index contributed by atoms with van der Waals surface area (Å²) >= 11 is 0. The quantitative estimate of drug-likeness (QED) is 0.752. The molecule has 1 unspecified atom stereocenters. The van der Waals surface area contributed by atoms with Gasteiger partial charge < -0.3 is 14.9 Å². The summed E-state index contributed by atoms with van der Waals surface area (Å²) in [5, 5.41) is 14.6. The van der Waals surface area contributed by atoms with Gasteiger partial charge in [0.15, 0.2) is 0 Å². The molecule has 1 rings (SSSR count). The van der Waals surface area contributed by atoms with Crippen molar-refractivity contribution in [2.45, 2.75) is 32.7 Å². The predicted molar refractivity (Wildman–Crippen MR) is 52.8 cm³/mol. The molecular formula is C9H13N3O4. The van der Waals surface area contributed by atoms with E-state index in [1.54, 1.807) is 13.8 Å². The van der Waals surface area contributed by atoms with Crippen molar-refractivity contribution in [3.05, 3.63) is 11.7 Å². The number of carbonyl (C=O) groups excluding carboxylic acids is 1. The second kappa shape index (κ2) is 5.24. The van der Waals surface area contributed by atoms with Gasteiger partial charge in [-0.05, 0) is 6.42 Å². The van der Waals surface area contributed by atoms with Crippen molar-refractivity contribution in [3.8, 4) is 0 Å². The Kier molecular flexibility index (Phi) is 3.98. The van der Waals surface area contributed by atoms with Gasteiger partial charge in [0.2, 0.25) is 5.89 Å². The lowest BCUT2D eigenvalue weighted by Crippen LogP contribution is -2.36. The minimum absolute atomic E-state index is 0.0821. The summed E-state index contributed by atoms with van der Waals surface area (Å²) in [4.78, 5) is 25.7. The second-order valence-electron chi connectivity index (χ2n) is 3.31. The van der Waals surface area contributed by atoms with Crippen LogP contribution in [0.5, 0.6) is 0 Å². The number of aliphatic carboxylic acids is 1. The first-order valence-corrected chi connectivity index (χ1v) is 4.86. The number of carboxylic acids is 1. The molecule has 0 spiro atoms. The monoisotopic (exact) mass is 227 g/mol. The third-order valence-electron chi connectivity index (χ3n) is 1.98. The molecule has 0 fully saturated rings. The maximum atomic E-state index is 11.5. The number of aryl methyl sites for hydroxylation is 1. The number of carbonyl (C=O) groups is 2. The van der Waals surface area contributed by atoms with Crippen molar-refractivity contribution in [1.82, 2.24) is 15.5 Å². The molecule has 1 aromatic heterocycles. The minimum Gasteiger partial charge on any atom is -0.481 e. The van der Waals surface area contributed by atoms with Crippen LogP contribution < -0.4 is 5.32 Å². The Bertz CT molecular complexity index is 388. The second-order valence-corrected chi connectivity index (χ2v) is 3.31. The van der Waals surface area contributed by atoms with Crippen LogP contribution in [0.2, 0.25) is 0 Å². The van der Waals surface area contributed by atoms with Gasteiger partial charge in [-0.1, -0.05) is 12.1 Å². The molecule has 7 nitrogen and oxygen atoms in total. The Morgan fingerprint density at radius 1 is 1.56 bits per heavy atom. The normalized spacial score (nSPS) is 12.1. The number of hydrogen-bond donors (Lipinski definition) is 2. The maximum absolute atomic E-state index is 11.5. The molecular weight excluding hydrogens is 214 g/mol. The highest BCUT2D eigenvalue weighted by Crippen LogP contribution is 2.00. The highest BCUT2D eigenvalue weighted by atomic mass is 16.5. The van der Waals surface area contributed by atoms with Crippen molar-refractivity contribution >= 4 is 11.9 Å². The first-order valence-electron chi connectivity index (χ1n) is 4.86. The molecule has 0 aliphatic rings. The number of hydrogen-bond acceptors (Lipinski definition) is 5. The first-order chi connectivity index (χ1) is 7.52. The maximum Gasteiger partial charge on any atom is 0.305 e. The van der Waals surface area contributed by atoms with Crippen LogP contribution in [0.4, 0.5) is 0 Å². The number of nitrogens with one attached hydrogen (secondary N) is 1. The van der Waals surface area contributed by atoms with Crippen molar-refractivity contribution in [2.24, 2.45) is 0 Å². The molecule has 2 N–H and O–H groups in total. The standard InChI is InChI=1S/C9H13N3O4/c1-3-6(4-7(13)14)11-9(15)8-10-5(2)16-12-8/h6H,3-4H2,1-2H3,(H,11,15)(H,13,14). The van der Waals surface area contributed by atoms with Gasteiger partial charge in [-0.15, -0.1) is 0 Å². The number of aromatic nitrogens is 2. The Labute approximate surface area is 91.8 Å². The summed E-state index contributed by atoms with van der Waals surface area (Å²) in [6, 6.07) is -0.427. The molecule has 88 valence electrons. The van der Waals surface area contributed by atoms with Gasteiger partial charge >= 0.3 is 5.97 Å². The van der Waals surface area contributed by atoms with Crippen LogP contribution in [0.15, 0.2) is 4.52 Å². The molecule has 0 saturated carbocycles. The zero-order valence-corrected chi connectivity index (χ0v) is 9.06. The SMILES string of the molecule is CCC(CC(=O)O)NC(=O)c1noc(C)n1. The third-order valence-corrected chi connectivity index (χ3v) is 1.98. The summed E-state index contributed by atoms with van der Waals surface area (Å²) < 4.78 is 4.64. The lowest BCUT2D eigenvalue weighted by atomic mass is 10.1. The molecule has 1 aromatic rings. The van der Waals surface area contributed by atoms with E-state index < -0.39 is 17.9 Å². The summed E-state index contributed by atoms with van der Waals surface area (Å²) in [6.07, 6.45) is 0.397. The molecule has 0 aliphatic heterocycles. The summed E-state index contributed by atoms with van der Waals surface area (Å²) in [6.45, 7) is 3.35. The average molecular weight is 227 g/mol. The lowest BCUT2D eigenvalue weighted by Gasteiger charge is -2.12. The Morgan fingerprint density at radius 2 is 2.25 bits per heavy atom. The Morgan fingerprint density at radius 3 is 2.69 bits per heavy atom. The van der Waals surface area contributed by atoms with Crippen LogP contribution in [-0.2, 0) is 4.79 Å². The predicted octanol–water partition coefficient (Wildman–Crippen LogP) is 0.361. The fourth-order valence-electron chi connectivity index (χ4n) is 1.15. The Balaban J connectivity index is 2.58. The van der Waals surface area contributed by atoms with Crippen LogP contribution in [-0.4, -0.2) is 33.2 Å². The molecule has 0 saturated heterocycles. The zero-order chi connectivity index (χ0) is 12.1. The first kappa shape index (κ1) is 12.2. The summed E-state index contributed by atoms with van der Waals surface area (Å²) in [5.74, 6) is -1.28. The van der Waals surface area contributed by atoms with Crippen LogP contribution in [0.25, 0.3) is 0 Å². The van der Waals surface area contributed by atoms with E-state index >= 15 is 0 Å². The highest BCUT2D eigenvalue weighted by Gasteiger charge is 2.18. The van der Waals surface area contributed by atoms with E-state index in [2.05, 4.69) is 20.0 Å². The van der Waals surface area contributed by atoms with E-state index in [1.807, 2.05) is 0 Å². The Hall–Kier alpha value is -1.92. The lowest BCUT2D eigenvalue weighted by molar-refractivity contribution is -0.137. The van der Waals surface area contributed by atoms with Crippen molar-refractivity contribution < 1.29 is 19.2 Å². The van der Waals surface area contributed by atoms with Crippen LogP contribution in [0, 0.1) is 6.92 Å². The topological polar surface area (TPSA) is 105 Å². The van der Waals surface area contributed by atoms with Crippen LogP contribution >= 0.6 is 0 Å². The van der Waals surface area contributed by atoms with Gasteiger partial charge in [-0.25, -0.2) is 0 Å². The molecule has 0 bridgehead atoms. The largest absolute Gasteiger partial charge is 0.481 e. The van der Waals surface area contributed by atoms with Gasteiger partial charge in [-0.2, -0.15) is 4.98 Å². The van der Waals surface area contributed by atoms with E-state index in [0.717, 1.165) is 0 Å².